The molecule has 4 aromatic rings. The van der Waals surface area contributed by atoms with Gasteiger partial charge in [-0.15, -0.1) is 11.3 Å². The molecule has 27 heavy (non-hydrogen) atoms. The van der Waals surface area contributed by atoms with Crippen molar-refractivity contribution in [3.05, 3.63) is 76.6 Å². The van der Waals surface area contributed by atoms with E-state index in [0.717, 1.165) is 27.5 Å². The van der Waals surface area contributed by atoms with E-state index in [0.29, 0.717) is 24.4 Å². The Balaban J connectivity index is 1.40. The van der Waals surface area contributed by atoms with Crippen molar-refractivity contribution in [1.29, 1.82) is 0 Å². The van der Waals surface area contributed by atoms with Crippen LogP contribution in [0.2, 0.25) is 5.02 Å². The number of amides is 1. The smallest absolute Gasteiger partial charge is 0.220 e. The average Bonchev–Trinajstić information content (AvgIpc) is 3.27. The maximum atomic E-state index is 12.1. The highest BCUT2D eigenvalue weighted by molar-refractivity contribution is 7.15. The van der Waals surface area contributed by atoms with E-state index in [2.05, 4.69) is 25.1 Å². The topological polar surface area (TPSA) is 59.3 Å². The Labute approximate surface area is 165 Å². The molecular formula is C20H17ClN4OS. The van der Waals surface area contributed by atoms with Gasteiger partial charge >= 0.3 is 0 Å². The van der Waals surface area contributed by atoms with Crippen LogP contribution in [0.15, 0.2) is 60.4 Å². The molecule has 1 aromatic carbocycles. The Morgan fingerprint density at radius 3 is 2.85 bits per heavy atom. The highest BCUT2D eigenvalue weighted by atomic mass is 35.5. The normalized spacial score (nSPS) is 11.0. The number of benzene rings is 1. The lowest BCUT2D eigenvalue weighted by molar-refractivity contribution is -0.121. The number of nitrogens with one attached hydrogen (secondary N) is 1. The first-order valence-electron chi connectivity index (χ1n) is 8.56. The van der Waals surface area contributed by atoms with Gasteiger partial charge in [0.15, 0.2) is 4.96 Å². The highest BCUT2D eigenvalue weighted by Crippen LogP contribution is 2.25. The van der Waals surface area contributed by atoms with Crippen LogP contribution in [0.1, 0.15) is 17.7 Å². The van der Waals surface area contributed by atoms with E-state index in [1.807, 2.05) is 42.6 Å². The second-order valence-corrected chi connectivity index (χ2v) is 7.42. The van der Waals surface area contributed by atoms with E-state index in [1.54, 1.807) is 23.7 Å². The molecule has 3 heterocycles. The van der Waals surface area contributed by atoms with Crippen LogP contribution in [-0.4, -0.2) is 20.3 Å². The molecule has 0 fully saturated rings. The highest BCUT2D eigenvalue weighted by Gasteiger charge is 2.11. The van der Waals surface area contributed by atoms with Crippen molar-refractivity contribution in [3.8, 4) is 11.3 Å². The molecule has 0 bridgehead atoms. The van der Waals surface area contributed by atoms with Crippen LogP contribution < -0.4 is 5.32 Å². The molecule has 0 spiro atoms. The molecule has 0 radical (unpaired) electrons. The molecular weight excluding hydrogens is 380 g/mol. The second kappa shape index (κ2) is 7.90. The lowest BCUT2D eigenvalue weighted by Crippen LogP contribution is -2.23. The third-order valence-corrected chi connectivity index (χ3v) is 5.38. The number of rotatable bonds is 6. The Kier molecular flexibility index (Phi) is 5.18. The maximum absolute atomic E-state index is 12.1. The molecule has 0 unspecified atom stereocenters. The number of aryl methyl sites for hydroxylation is 1. The number of thiazole rings is 1. The molecule has 0 saturated heterocycles. The Hall–Kier alpha value is -2.70. The van der Waals surface area contributed by atoms with Crippen LogP contribution >= 0.6 is 22.9 Å². The van der Waals surface area contributed by atoms with Crippen LogP contribution in [-0.2, 0) is 17.8 Å². The number of nitrogens with zero attached hydrogens (tertiary/aromatic N) is 3. The fourth-order valence-electron chi connectivity index (χ4n) is 2.80. The molecule has 3 aromatic heterocycles. The Morgan fingerprint density at radius 1 is 1.22 bits per heavy atom. The molecule has 4 rings (SSSR count). The summed E-state index contributed by atoms with van der Waals surface area (Å²) in [5.41, 5.74) is 4.00. The van der Waals surface area contributed by atoms with Crippen LogP contribution in [0, 0.1) is 0 Å². The Bertz CT molecular complexity index is 1060. The fourth-order valence-corrected chi connectivity index (χ4v) is 3.84. The first-order valence-corrected chi connectivity index (χ1v) is 9.82. The van der Waals surface area contributed by atoms with Crippen molar-refractivity contribution >= 4 is 33.8 Å². The molecule has 0 aliphatic rings. The van der Waals surface area contributed by atoms with Gasteiger partial charge in [0.2, 0.25) is 5.91 Å². The summed E-state index contributed by atoms with van der Waals surface area (Å²) < 4.78 is 2.06. The number of halogens is 1. The van der Waals surface area contributed by atoms with Crippen molar-refractivity contribution in [2.24, 2.45) is 0 Å². The quantitative estimate of drug-likeness (QED) is 0.526. The van der Waals surface area contributed by atoms with Gasteiger partial charge in [-0.1, -0.05) is 29.8 Å². The number of pyridine rings is 1. The number of fused-ring (bicyclic) bond motifs is 1. The van der Waals surface area contributed by atoms with E-state index in [1.165, 1.54) is 0 Å². The zero-order valence-corrected chi connectivity index (χ0v) is 16.0. The molecule has 1 N–H and O–H groups in total. The largest absolute Gasteiger partial charge is 0.352 e. The summed E-state index contributed by atoms with van der Waals surface area (Å²) in [4.78, 5) is 21.8. The number of aromatic nitrogens is 3. The van der Waals surface area contributed by atoms with Gasteiger partial charge in [-0.3, -0.25) is 14.2 Å². The summed E-state index contributed by atoms with van der Waals surface area (Å²) in [5.74, 6) is 0.0243. The lowest BCUT2D eigenvalue weighted by atomic mass is 10.2. The van der Waals surface area contributed by atoms with E-state index < -0.39 is 0 Å². The summed E-state index contributed by atoms with van der Waals surface area (Å²) >= 11 is 7.53. The molecule has 0 aliphatic carbocycles. The standard InChI is InChI=1S/C20H17ClN4OS/c21-16-5-3-15(4-6-16)18-12-25-17(13-27-20(25)24-18)7-8-19(26)23-11-14-2-1-9-22-10-14/h1-6,9-10,12-13H,7-8,11H2,(H,23,26). The van der Waals surface area contributed by atoms with Crippen LogP contribution in [0.25, 0.3) is 16.2 Å². The van der Waals surface area contributed by atoms with Crippen molar-refractivity contribution in [2.75, 3.05) is 0 Å². The minimum atomic E-state index is 0.0243. The van der Waals surface area contributed by atoms with Gasteiger partial charge in [-0.2, -0.15) is 0 Å². The summed E-state index contributed by atoms with van der Waals surface area (Å²) in [7, 11) is 0. The Morgan fingerprint density at radius 2 is 2.07 bits per heavy atom. The SMILES string of the molecule is O=C(CCc1csc2nc(-c3ccc(Cl)cc3)cn12)NCc1cccnc1. The minimum Gasteiger partial charge on any atom is -0.352 e. The molecule has 136 valence electrons. The summed E-state index contributed by atoms with van der Waals surface area (Å²) in [6.45, 7) is 0.498. The van der Waals surface area contributed by atoms with Crippen LogP contribution in [0.4, 0.5) is 0 Å². The van der Waals surface area contributed by atoms with E-state index in [4.69, 9.17) is 11.6 Å². The van der Waals surface area contributed by atoms with Crippen LogP contribution in [0.5, 0.6) is 0 Å². The summed E-state index contributed by atoms with van der Waals surface area (Å²) in [5, 5.41) is 5.70. The van der Waals surface area contributed by atoms with E-state index in [9.17, 15) is 4.79 Å². The number of hydrogen-bond donors (Lipinski definition) is 1. The van der Waals surface area contributed by atoms with Crippen LogP contribution in [0.3, 0.4) is 0 Å². The van der Waals surface area contributed by atoms with E-state index >= 15 is 0 Å². The van der Waals surface area contributed by atoms with Gasteiger partial charge in [-0.25, -0.2) is 4.98 Å². The number of hydrogen-bond acceptors (Lipinski definition) is 4. The molecule has 0 aliphatic heterocycles. The van der Waals surface area contributed by atoms with Crippen molar-refractivity contribution in [1.82, 2.24) is 19.7 Å². The van der Waals surface area contributed by atoms with Gasteiger partial charge in [0.25, 0.3) is 0 Å². The second-order valence-electron chi connectivity index (χ2n) is 6.15. The lowest BCUT2D eigenvalue weighted by Gasteiger charge is -2.04. The fraction of sp³-hybridized carbons (Fsp3) is 0.150. The predicted octanol–water partition coefficient (Wildman–Crippen LogP) is 4.36. The third kappa shape index (κ3) is 4.18. The first kappa shape index (κ1) is 17.7. The molecule has 5 nitrogen and oxygen atoms in total. The van der Waals surface area contributed by atoms with Gasteiger partial charge in [-0.05, 0) is 30.2 Å². The van der Waals surface area contributed by atoms with Gasteiger partial charge in [0.05, 0.1) is 5.69 Å². The summed E-state index contributed by atoms with van der Waals surface area (Å²) in [6, 6.07) is 11.4. The predicted molar refractivity (Wildman–Crippen MR) is 108 cm³/mol. The van der Waals surface area contributed by atoms with Crippen molar-refractivity contribution < 1.29 is 4.79 Å². The van der Waals surface area contributed by atoms with E-state index in [-0.39, 0.29) is 5.91 Å². The summed E-state index contributed by atoms with van der Waals surface area (Å²) in [6.07, 6.45) is 6.58. The number of imidazole rings is 1. The zero-order chi connectivity index (χ0) is 18.6. The maximum Gasteiger partial charge on any atom is 0.220 e. The van der Waals surface area contributed by atoms with Gasteiger partial charge in [0.1, 0.15) is 0 Å². The van der Waals surface area contributed by atoms with Gasteiger partial charge < -0.3 is 5.32 Å². The van der Waals surface area contributed by atoms with Crippen molar-refractivity contribution in [2.45, 2.75) is 19.4 Å². The zero-order valence-electron chi connectivity index (χ0n) is 14.4. The third-order valence-electron chi connectivity index (χ3n) is 4.24. The molecule has 7 heteroatoms. The van der Waals surface area contributed by atoms with Gasteiger partial charge in [0, 0.05) is 53.2 Å². The monoisotopic (exact) mass is 396 g/mol. The molecule has 0 atom stereocenters. The molecule has 1 amide bonds. The number of carbonyl (C=O) groups is 1. The molecule has 0 saturated carbocycles. The first-order chi connectivity index (χ1) is 13.2. The number of carbonyl (C=O) groups excluding carboxylic acids is 1. The minimum absolute atomic E-state index is 0.0243. The van der Waals surface area contributed by atoms with Crippen molar-refractivity contribution in [3.63, 3.8) is 0 Å². The average molecular weight is 397 g/mol.